The first kappa shape index (κ1) is 11.1. The number of carbonyl (C=O) groups excluding carboxylic acids is 1. The second-order valence-corrected chi connectivity index (χ2v) is 3.68. The van der Waals surface area contributed by atoms with E-state index in [4.69, 9.17) is 5.11 Å². The summed E-state index contributed by atoms with van der Waals surface area (Å²) in [4.78, 5) is 13.4. The van der Waals surface area contributed by atoms with Crippen LogP contribution in [0.15, 0.2) is 30.5 Å². The molecule has 0 atom stereocenters. The lowest BCUT2D eigenvalue weighted by Gasteiger charge is -2.15. The fraction of sp³-hybridized carbons (Fsp3) is 0.182. The molecule has 0 spiro atoms. The summed E-state index contributed by atoms with van der Waals surface area (Å²) in [6.07, 6.45) is 1.38. The molecule has 0 saturated heterocycles. The minimum atomic E-state index is -0.202. The summed E-state index contributed by atoms with van der Waals surface area (Å²) in [5, 5.41) is 18.9. The minimum Gasteiger partial charge on any atom is -0.508 e. The van der Waals surface area contributed by atoms with Crippen molar-refractivity contribution < 1.29 is 9.90 Å². The zero-order valence-electron chi connectivity index (χ0n) is 9.29. The zero-order chi connectivity index (χ0) is 12.3. The Morgan fingerprint density at radius 2 is 2.12 bits per heavy atom. The molecule has 1 aromatic carbocycles. The van der Waals surface area contributed by atoms with Gasteiger partial charge in [0.25, 0.3) is 5.91 Å². The molecule has 1 heterocycles. The summed E-state index contributed by atoms with van der Waals surface area (Å²) >= 11 is 0. The molecule has 0 saturated carbocycles. The Hall–Kier alpha value is -2.37. The standard InChI is InChI=1S/C11H12N4O2/c1-15(11(17)10-6-12-14-13-10)7-8-2-4-9(16)5-3-8/h2-6,16H,7H2,1H3,(H,12,13,14). The van der Waals surface area contributed by atoms with Crippen LogP contribution >= 0.6 is 0 Å². The normalized spacial score (nSPS) is 10.2. The summed E-state index contributed by atoms with van der Waals surface area (Å²) in [5.41, 5.74) is 1.22. The summed E-state index contributed by atoms with van der Waals surface area (Å²) < 4.78 is 0. The number of phenolic OH excluding ortho intramolecular Hbond substituents is 1. The smallest absolute Gasteiger partial charge is 0.276 e. The van der Waals surface area contributed by atoms with Gasteiger partial charge in [-0.05, 0) is 17.7 Å². The number of benzene rings is 1. The first-order chi connectivity index (χ1) is 8.16. The van der Waals surface area contributed by atoms with Gasteiger partial charge in [-0.25, -0.2) is 0 Å². The van der Waals surface area contributed by atoms with E-state index in [2.05, 4.69) is 15.4 Å². The number of aromatic nitrogens is 3. The number of aromatic hydroxyl groups is 1. The van der Waals surface area contributed by atoms with Crippen LogP contribution < -0.4 is 0 Å². The average Bonchev–Trinajstić information content (AvgIpc) is 2.84. The van der Waals surface area contributed by atoms with E-state index in [1.165, 1.54) is 11.1 Å². The third kappa shape index (κ3) is 2.60. The van der Waals surface area contributed by atoms with Gasteiger partial charge in [-0.2, -0.15) is 15.4 Å². The van der Waals surface area contributed by atoms with E-state index >= 15 is 0 Å². The number of aromatic amines is 1. The lowest BCUT2D eigenvalue weighted by molar-refractivity contribution is 0.0779. The molecule has 0 aliphatic rings. The van der Waals surface area contributed by atoms with Crippen molar-refractivity contribution in [3.05, 3.63) is 41.7 Å². The molecular weight excluding hydrogens is 220 g/mol. The van der Waals surface area contributed by atoms with Crippen LogP contribution in [0.2, 0.25) is 0 Å². The fourth-order valence-electron chi connectivity index (χ4n) is 1.45. The number of nitrogens with one attached hydrogen (secondary N) is 1. The van der Waals surface area contributed by atoms with Gasteiger partial charge in [0.15, 0.2) is 5.69 Å². The third-order valence-corrected chi connectivity index (χ3v) is 2.34. The quantitative estimate of drug-likeness (QED) is 0.819. The van der Waals surface area contributed by atoms with Gasteiger partial charge in [0.2, 0.25) is 0 Å². The Labute approximate surface area is 97.9 Å². The average molecular weight is 232 g/mol. The van der Waals surface area contributed by atoms with Crippen molar-refractivity contribution in [2.75, 3.05) is 7.05 Å². The van der Waals surface area contributed by atoms with E-state index in [0.717, 1.165) is 5.56 Å². The number of amides is 1. The molecule has 0 bridgehead atoms. The van der Waals surface area contributed by atoms with Crippen LogP contribution in [-0.2, 0) is 6.54 Å². The Balaban J connectivity index is 2.04. The van der Waals surface area contributed by atoms with Gasteiger partial charge >= 0.3 is 0 Å². The number of phenols is 1. The van der Waals surface area contributed by atoms with Crippen LogP contribution in [0.25, 0.3) is 0 Å². The van der Waals surface area contributed by atoms with Crippen LogP contribution in [0, 0.1) is 0 Å². The van der Waals surface area contributed by atoms with Gasteiger partial charge in [-0.15, -0.1) is 0 Å². The molecule has 0 unspecified atom stereocenters. The lowest BCUT2D eigenvalue weighted by Crippen LogP contribution is -2.26. The Bertz CT molecular complexity index is 493. The predicted octanol–water partition coefficient (Wildman–Crippen LogP) is 0.782. The highest BCUT2D eigenvalue weighted by atomic mass is 16.3. The molecule has 2 aromatic rings. The molecule has 88 valence electrons. The minimum absolute atomic E-state index is 0.202. The second kappa shape index (κ2) is 4.65. The van der Waals surface area contributed by atoms with E-state index in [1.54, 1.807) is 31.3 Å². The van der Waals surface area contributed by atoms with Crippen LogP contribution in [0.3, 0.4) is 0 Å². The van der Waals surface area contributed by atoms with Crippen molar-refractivity contribution >= 4 is 5.91 Å². The highest BCUT2D eigenvalue weighted by Crippen LogP contribution is 2.11. The number of nitrogens with zero attached hydrogens (tertiary/aromatic N) is 3. The van der Waals surface area contributed by atoms with E-state index in [-0.39, 0.29) is 17.4 Å². The molecule has 0 radical (unpaired) electrons. The van der Waals surface area contributed by atoms with Crippen LogP contribution in [0.4, 0.5) is 0 Å². The highest BCUT2D eigenvalue weighted by molar-refractivity contribution is 5.91. The molecule has 1 aromatic heterocycles. The molecule has 2 N–H and O–H groups in total. The van der Waals surface area contributed by atoms with Gasteiger partial charge < -0.3 is 10.0 Å². The molecule has 6 nitrogen and oxygen atoms in total. The number of hydrogen-bond donors (Lipinski definition) is 2. The number of hydrogen-bond acceptors (Lipinski definition) is 4. The topological polar surface area (TPSA) is 82.1 Å². The van der Waals surface area contributed by atoms with Crippen LogP contribution in [0.5, 0.6) is 5.75 Å². The number of H-pyrrole nitrogens is 1. The monoisotopic (exact) mass is 232 g/mol. The summed E-state index contributed by atoms with van der Waals surface area (Å²) in [6, 6.07) is 6.71. The van der Waals surface area contributed by atoms with Crippen molar-refractivity contribution in [2.45, 2.75) is 6.54 Å². The van der Waals surface area contributed by atoms with Gasteiger partial charge in [-0.1, -0.05) is 12.1 Å². The zero-order valence-corrected chi connectivity index (χ0v) is 9.29. The van der Waals surface area contributed by atoms with E-state index in [9.17, 15) is 4.79 Å². The van der Waals surface area contributed by atoms with E-state index in [0.29, 0.717) is 6.54 Å². The molecule has 0 aliphatic heterocycles. The van der Waals surface area contributed by atoms with Crippen molar-refractivity contribution in [1.82, 2.24) is 20.3 Å². The maximum absolute atomic E-state index is 11.8. The summed E-state index contributed by atoms with van der Waals surface area (Å²) in [6.45, 7) is 0.450. The molecule has 0 fully saturated rings. The lowest BCUT2D eigenvalue weighted by atomic mass is 10.2. The molecule has 0 aliphatic carbocycles. The first-order valence-electron chi connectivity index (χ1n) is 5.06. The van der Waals surface area contributed by atoms with Crippen molar-refractivity contribution in [2.24, 2.45) is 0 Å². The molecule has 1 amide bonds. The van der Waals surface area contributed by atoms with Crippen molar-refractivity contribution in [3.8, 4) is 5.75 Å². The second-order valence-electron chi connectivity index (χ2n) is 3.68. The first-order valence-corrected chi connectivity index (χ1v) is 5.06. The largest absolute Gasteiger partial charge is 0.508 e. The van der Waals surface area contributed by atoms with E-state index < -0.39 is 0 Å². The van der Waals surface area contributed by atoms with Gasteiger partial charge in [0, 0.05) is 13.6 Å². The number of carbonyl (C=O) groups is 1. The van der Waals surface area contributed by atoms with Crippen molar-refractivity contribution in [3.63, 3.8) is 0 Å². The van der Waals surface area contributed by atoms with Gasteiger partial charge in [0.1, 0.15) is 5.75 Å². The fourth-order valence-corrected chi connectivity index (χ4v) is 1.45. The summed E-state index contributed by atoms with van der Waals surface area (Å²) in [7, 11) is 1.68. The molecular formula is C11H12N4O2. The predicted molar refractivity (Wildman–Crippen MR) is 60.3 cm³/mol. The summed E-state index contributed by atoms with van der Waals surface area (Å²) in [5.74, 6) is 0.00561. The van der Waals surface area contributed by atoms with Crippen LogP contribution in [-0.4, -0.2) is 38.4 Å². The maximum Gasteiger partial charge on any atom is 0.276 e. The molecule has 2 rings (SSSR count). The van der Waals surface area contributed by atoms with Crippen LogP contribution in [0.1, 0.15) is 16.1 Å². The Morgan fingerprint density at radius 3 is 2.71 bits per heavy atom. The highest BCUT2D eigenvalue weighted by Gasteiger charge is 2.14. The van der Waals surface area contributed by atoms with Gasteiger partial charge in [0.05, 0.1) is 6.20 Å². The Morgan fingerprint density at radius 1 is 1.41 bits per heavy atom. The maximum atomic E-state index is 11.8. The Kier molecular flexibility index (Phi) is 3.04. The van der Waals surface area contributed by atoms with Gasteiger partial charge in [-0.3, -0.25) is 4.79 Å². The SMILES string of the molecule is CN(Cc1ccc(O)cc1)C(=O)c1cn[nH]n1. The third-order valence-electron chi connectivity index (χ3n) is 2.34. The van der Waals surface area contributed by atoms with E-state index in [1.807, 2.05) is 0 Å². The molecule has 6 heteroatoms. The molecule has 17 heavy (non-hydrogen) atoms. The van der Waals surface area contributed by atoms with Crippen molar-refractivity contribution in [1.29, 1.82) is 0 Å². The number of rotatable bonds is 3.